The Morgan fingerprint density at radius 2 is 1.13 bits per heavy atom. The van der Waals surface area contributed by atoms with Gasteiger partial charge in [-0.3, -0.25) is 0 Å². The van der Waals surface area contributed by atoms with Crippen LogP contribution in [-0.2, 0) is 0 Å². The number of hydrogen-bond acceptors (Lipinski definition) is 9. The molecule has 0 amide bonds. The third kappa shape index (κ3) is 6.76. The molecule has 0 saturated heterocycles. The fourth-order valence-corrected chi connectivity index (χ4v) is 3.37. The van der Waals surface area contributed by atoms with Crippen LogP contribution in [0.2, 0.25) is 0 Å². The summed E-state index contributed by atoms with van der Waals surface area (Å²) in [7, 11) is 0. The number of ether oxygens (including phenoxy) is 1. The van der Waals surface area contributed by atoms with E-state index in [1.807, 2.05) is 66.7 Å². The Kier molecular flexibility index (Phi) is 7.57. The normalized spacial score (nSPS) is 10.6. The number of carbonyl (C=O) groups is 1. The van der Waals surface area contributed by atoms with Crippen LogP contribution in [0.5, 0.6) is 5.75 Å². The molecule has 5 aromatic rings. The minimum atomic E-state index is -0.414. The molecule has 4 aromatic carbocycles. The number of esters is 1. The third-order valence-electron chi connectivity index (χ3n) is 5.17. The van der Waals surface area contributed by atoms with Gasteiger partial charge in [0.2, 0.25) is 17.8 Å². The molecule has 38 heavy (non-hydrogen) atoms. The van der Waals surface area contributed by atoms with Gasteiger partial charge in [-0.1, -0.05) is 54.6 Å². The topological polar surface area (TPSA) is 113 Å². The summed E-state index contributed by atoms with van der Waals surface area (Å²) < 4.78 is 5.41. The number of nitrogens with one attached hydrogen (secondary N) is 3. The van der Waals surface area contributed by atoms with Crippen LogP contribution in [0.3, 0.4) is 0 Å². The summed E-state index contributed by atoms with van der Waals surface area (Å²) in [5.74, 6) is 0.985. The second-order valence-electron chi connectivity index (χ2n) is 7.98. The summed E-state index contributed by atoms with van der Waals surface area (Å²) in [6.07, 6.45) is 1.61. The fourth-order valence-electron chi connectivity index (χ4n) is 3.37. The average molecular weight is 502 g/mol. The molecule has 0 spiro atoms. The number of para-hydroxylation sites is 2. The van der Waals surface area contributed by atoms with Gasteiger partial charge in [0.15, 0.2) is 0 Å². The van der Waals surface area contributed by atoms with Gasteiger partial charge in [0.25, 0.3) is 0 Å². The Hall–Kier alpha value is -5.57. The maximum atomic E-state index is 12.2. The van der Waals surface area contributed by atoms with Crippen LogP contribution in [-0.4, -0.2) is 27.1 Å². The lowest BCUT2D eigenvalue weighted by Gasteiger charge is -2.10. The highest BCUT2D eigenvalue weighted by Gasteiger charge is 2.09. The molecule has 186 valence electrons. The van der Waals surface area contributed by atoms with Crippen molar-refractivity contribution in [3.8, 4) is 5.75 Å². The van der Waals surface area contributed by atoms with Crippen LogP contribution in [0, 0.1) is 0 Å². The lowest BCUT2D eigenvalue weighted by molar-refractivity contribution is 0.0734. The van der Waals surface area contributed by atoms with Crippen molar-refractivity contribution in [2.24, 2.45) is 5.10 Å². The molecule has 0 saturated carbocycles. The van der Waals surface area contributed by atoms with Crippen molar-refractivity contribution in [1.29, 1.82) is 0 Å². The van der Waals surface area contributed by atoms with E-state index in [0.717, 1.165) is 16.9 Å². The minimum Gasteiger partial charge on any atom is -0.423 e. The number of benzene rings is 4. The maximum Gasteiger partial charge on any atom is 0.343 e. The summed E-state index contributed by atoms with van der Waals surface area (Å²) in [6, 6.07) is 35.0. The molecule has 1 aromatic heterocycles. The Morgan fingerprint density at radius 3 is 1.68 bits per heavy atom. The van der Waals surface area contributed by atoms with Crippen LogP contribution < -0.4 is 20.8 Å². The van der Waals surface area contributed by atoms with Crippen molar-refractivity contribution >= 4 is 41.4 Å². The van der Waals surface area contributed by atoms with Crippen molar-refractivity contribution in [1.82, 2.24) is 15.0 Å². The van der Waals surface area contributed by atoms with E-state index < -0.39 is 5.97 Å². The Bertz CT molecular complexity index is 1450. The molecule has 0 atom stereocenters. The summed E-state index contributed by atoms with van der Waals surface area (Å²) in [6.45, 7) is 0. The molecule has 0 bridgehead atoms. The molecule has 3 N–H and O–H groups in total. The minimum absolute atomic E-state index is 0.251. The van der Waals surface area contributed by atoms with E-state index in [9.17, 15) is 4.79 Å². The lowest BCUT2D eigenvalue weighted by Crippen LogP contribution is -2.08. The third-order valence-corrected chi connectivity index (χ3v) is 5.17. The highest BCUT2D eigenvalue weighted by Crippen LogP contribution is 2.19. The molecule has 1 heterocycles. The second kappa shape index (κ2) is 11.9. The smallest absolute Gasteiger partial charge is 0.343 e. The van der Waals surface area contributed by atoms with Gasteiger partial charge in [-0.15, -0.1) is 0 Å². The molecule has 9 heteroatoms. The standard InChI is InChI=1S/C29H23N7O2/c37-26(22-10-4-1-5-11-22)38-25-18-16-21(17-19-25)20-30-36-29-34-27(31-23-12-6-2-7-13-23)33-28(35-29)32-24-14-8-3-9-15-24/h1-20H,(H3,31,32,33,34,35,36)/b30-20-. The van der Waals surface area contributed by atoms with Crippen molar-refractivity contribution < 1.29 is 9.53 Å². The average Bonchev–Trinajstić information content (AvgIpc) is 2.95. The van der Waals surface area contributed by atoms with Crippen molar-refractivity contribution in [2.75, 3.05) is 16.1 Å². The number of aromatic nitrogens is 3. The van der Waals surface area contributed by atoms with Gasteiger partial charge < -0.3 is 15.4 Å². The first-order chi connectivity index (χ1) is 18.7. The SMILES string of the molecule is O=C(Oc1ccc(/C=N\Nc2nc(Nc3ccccc3)nc(Nc3ccccc3)n2)cc1)c1ccccc1. The van der Waals surface area contributed by atoms with E-state index in [0.29, 0.717) is 23.2 Å². The molecular weight excluding hydrogens is 478 g/mol. The largest absolute Gasteiger partial charge is 0.423 e. The van der Waals surface area contributed by atoms with E-state index in [1.54, 1.807) is 54.7 Å². The van der Waals surface area contributed by atoms with Crippen molar-refractivity contribution in [3.05, 3.63) is 126 Å². The van der Waals surface area contributed by atoms with Crippen LogP contribution in [0.25, 0.3) is 0 Å². The van der Waals surface area contributed by atoms with Gasteiger partial charge >= 0.3 is 5.97 Å². The quantitative estimate of drug-likeness (QED) is 0.0972. The number of rotatable bonds is 9. The summed E-state index contributed by atoms with van der Waals surface area (Å²) in [5, 5.41) is 10.6. The molecule has 9 nitrogen and oxygen atoms in total. The number of hydrazone groups is 1. The summed E-state index contributed by atoms with van der Waals surface area (Å²) in [4.78, 5) is 25.5. The first-order valence-electron chi connectivity index (χ1n) is 11.8. The Labute approximate surface area is 219 Å². The monoisotopic (exact) mass is 501 g/mol. The fraction of sp³-hybridized carbons (Fsp3) is 0. The zero-order valence-electron chi connectivity index (χ0n) is 20.2. The maximum absolute atomic E-state index is 12.2. The van der Waals surface area contributed by atoms with Gasteiger partial charge in [0.1, 0.15) is 5.75 Å². The predicted molar refractivity (Wildman–Crippen MR) is 148 cm³/mol. The second-order valence-corrected chi connectivity index (χ2v) is 7.98. The molecule has 0 aliphatic rings. The molecule has 0 radical (unpaired) electrons. The van der Waals surface area contributed by atoms with Crippen LogP contribution in [0.4, 0.5) is 29.2 Å². The van der Waals surface area contributed by atoms with Gasteiger partial charge in [-0.05, 0) is 66.2 Å². The predicted octanol–water partition coefficient (Wildman–Crippen LogP) is 6.02. The number of carbonyl (C=O) groups excluding carboxylic acids is 1. The van der Waals surface area contributed by atoms with E-state index in [4.69, 9.17) is 4.74 Å². The van der Waals surface area contributed by atoms with Gasteiger partial charge in [-0.2, -0.15) is 20.1 Å². The van der Waals surface area contributed by atoms with E-state index >= 15 is 0 Å². The number of anilines is 5. The highest BCUT2D eigenvalue weighted by atomic mass is 16.5. The summed E-state index contributed by atoms with van der Waals surface area (Å²) >= 11 is 0. The highest BCUT2D eigenvalue weighted by molar-refractivity contribution is 5.91. The van der Waals surface area contributed by atoms with E-state index in [-0.39, 0.29) is 5.95 Å². The van der Waals surface area contributed by atoms with Crippen LogP contribution in [0.15, 0.2) is 120 Å². The zero-order chi connectivity index (χ0) is 26.0. The van der Waals surface area contributed by atoms with Gasteiger partial charge in [-0.25, -0.2) is 10.2 Å². The lowest BCUT2D eigenvalue weighted by atomic mass is 10.2. The van der Waals surface area contributed by atoms with Crippen LogP contribution >= 0.6 is 0 Å². The number of nitrogens with zero attached hydrogens (tertiary/aromatic N) is 4. The van der Waals surface area contributed by atoms with Crippen LogP contribution in [0.1, 0.15) is 15.9 Å². The van der Waals surface area contributed by atoms with E-state index in [1.165, 1.54) is 0 Å². The first kappa shape index (κ1) is 24.1. The van der Waals surface area contributed by atoms with E-state index in [2.05, 4.69) is 36.1 Å². The molecular formula is C29H23N7O2. The molecule has 0 unspecified atom stereocenters. The van der Waals surface area contributed by atoms with Crippen molar-refractivity contribution in [3.63, 3.8) is 0 Å². The molecule has 5 rings (SSSR count). The first-order valence-corrected chi connectivity index (χ1v) is 11.8. The van der Waals surface area contributed by atoms with Gasteiger partial charge in [0.05, 0.1) is 11.8 Å². The Balaban J connectivity index is 1.27. The zero-order valence-corrected chi connectivity index (χ0v) is 20.2. The number of hydrogen-bond donors (Lipinski definition) is 3. The molecule has 0 aliphatic heterocycles. The molecule has 0 fully saturated rings. The summed E-state index contributed by atoms with van der Waals surface area (Å²) in [5.41, 5.74) is 5.81. The Morgan fingerprint density at radius 1 is 0.632 bits per heavy atom. The van der Waals surface area contributed by atoms with Crippen molar-refractivity contribution in [2.45, 2.75) is 0 Å². The van der Waals surface area contributed by atoms with Gasteiger partial charge in [0, 0.05) is 11.4 Å². The molecule has 0 aliphatic carbocycles.